The van der Waals surface area contributed by atoms with Gasteiger partial charge in [0, 0.05) is 19.4 Å². The number of nitrogens with one attached hydrogen (secondary N) is 1. The highest BCUT2D eigenvalue weighted by molar-refractivity contribution is 5.80. The standard InChI is InChI=1S/C9H18O5.C5H9NO/c1-5(2)13-8-3-6(11)9(12)7(4-10)14-8;1-6-5(7)4-2-3-4/h5-12H,3-4H2,1-2H3;4H,2-3H2,1H3,(H,6,7)/t6?,7?,8?,9-;/m1./s1. The van der Waals surface area contributed by atoms with Gasteiger partial charge in [0.05, 0.1) is 18.8 Å². The highest BCUT2D eigenvalue weighted by Gasteiger charge is 2.37. The molecule has 21 heavy (non-hydrogen) atoms. The van der Waals surface area contributed by atoms with Crippen LogP contribution >= 0.6 is 0 Å². The lowest BCUT2D eigenvalue weighted by atomic mass is 10.0. The SMILES string of the molecule is CC(C)OC1CC(O)[C@@H](O)C(CO)O1.CNC(=O)C1CC1. The maximum absolute atomic E-state index is 10.5. The predicted octanol–water partition coefficient (Wildman–Crippen LogP) is -0.617. The van der Waals surface area contributed by atoms with Crippen LogP contribution in [0.15, 0.2) is 0 Å². The van der Waals surface area contributed by atoms with Gasteiger partial charge in [-0.05, 0) is 26.7 Å². The number of carbonyl (C=O) groups excluding carboxylic acids is 1. The summed E-state index contributed by atoms with van der Waals surface area (Å²) in [6.07, 6.45) is -0.832. The molecule has 4 atom stereocenters. The van der Waals surface area contributed by atoms with E-state index >= 15 is 0 Å². The van der Waals surface area contributed by atoms with Crippen LogP contribution in [0.25, 0.3) is 0 Å². The molecule has 0 spiro atoms. The molecule has 3 unspecified atom stereocenters. The van der Waals surface area contributed by atoms with Crippen LogP contribution in [0.4, 0.5) is 0 Å². The van der Waals surface area contributed by atoms with E-state index in [9.17, 15) is 15.0 Å². The zero-order chi connectivity index (χ0) is 16.0. The molecule has 1 heterocycles. The molecule has 124 valence electrons. The summed E-state index contributed by atoms with van der Waals surface area (Å²) in [5.41, 5.74) is 0. The van der Waals surface area contributed by atoms with Gasteiger partial charge in [-0.2, -0.15) is 0 Å². The highest BCUT2D eigenvalue weighted by Crippen LogP contribution is 2.28. The Bertz CT molecular complexity index is 321. The van der Waals surface area contributed by atoms with Crippen molar-refractivity contribution in [3.8, 4) is 0 Å². The quantitative estimate of drug-likeness (QED) is 0.551. The number of hydrogen-bond donors (Lipinski definition) is 4. The Labute approximate surface area is 125 Å². The lowest BCUT2D eigenvalue weighted by Gasteiger charge is -2.36. The second-order valence-electron chi connectivity index (χ2n) is 5.65. The van der Waals surface area contributed by atoms with Crippen LogP contribution in [-0.4, -0.2) is 65.6 Å². The Morgan fingerprint density at radius 1 is 1.38 bits per heavy atom. The van der Waals surface area contributed by atoms with Crippen LogP contribution in [0.3, 0.4) is 0 Å². The number of hydrogen-bond acceptors (Lipinski definition) is 6. The number of aliphatic hydroxyl groups is 3. The van der Waals surface area contributed by atoms with Crippen molar-refractivity contribution in [1.29, 1.82) is 0 Å². The number of carbonyl (C=O) groups is 1. The van der Waals surface area contributed by atoms with Gasteiger partial charge in [0.25, 0.3) is 0 Å². The zero-order valence-electron chi connectivity index (χ0n) is 12.9. The van der Waals surface area contributed by atoms with Gasteiger partial charge in [-0.3, -0.25) is 4.79 Å². The smallest absolute Gasteiger partial charge is 0.222 e. The number of aliphatic hydroxyl groups excluding tert-OH is 3. The molecule has 1 aliphatic carbocycles. The first-order valence-corrected chi connectivity index (χ1v) is 7.38. The normalized spacial score (nSPS) is 32.3. The average molecular weight is 305 g/mol. The summed E-state index contributed by atoms with van der Waals surface area (Å²) in [7, 11) is 1.68. The summed E-state index contributed by atoms with van der Waals surface area (Å²) in [6.45, 7) is 3.39. The van der Waals surface area contributed by atoms with Crippen molar-refractivity contribution in [3.05, 3.63) is 0 Å². The number of amides is 1. The lowest BCUT2D eigenvalue weighted by Crippen LogP contribution is -2.50. The van der Waals surface area contributed by atoms with Crippen molar-refractivity contribution in [3.63, 3.8) is 0 Å². The molecule has 7 heteroatoms. The van der Waals surface area contributed by atoms with Crippen molar-refractivity contribution in [1.82, 2.24) is 5.32 Å². The van der Waals surface area contributed by atoms with Crippen LogP contribution in [0.2, 0.25) is 0 Å². The topological polar surface area (TPSA) is 108 Å². The Morgan fingerprint density at radius 2 is 2.00 bits per heavy atom. The van der Waals surface area contributed by atoms with E-state index in [-0.39, 0.29) is 25.0 Å². The van der Waals surface area contributed by atoms with E-state index in [0.29, 0.717) is 5.92 Å². The van der Waals surface area contributed by atoms with Gasteiger partial charge < -0.3 is 30.1 Å². The second kappa shape index (κ2) is 8.65. The van der Waals surface area contributed by atoms with E-state index in [1.165, 1.54) is 0 Å². The first kappa shape index (κ1) is 18.3. The van der Waals surface area contributed by atoms with Gasteiger partial charge in [0.1, 0.15) is 12.2 Å². The van der Waals surface area contributed by atoms with Crippen LogP contribution in [0.5, 0.6) is 0 Å². The van der Waals surface area contributed by atoms with Crippen LogP contribution in [0, 0.1) is 5.92 Å². The summed E-state index contributed by atoms with van der Waals surface area (Å²) in [5.74, 6) is 0.574. The van der Waals surface area contributed by atoms with E-state index in [0.717, 1.165) is 12.8 Å². The summed E-state index contributed by atoms with van der Waals surface area (Å²) in [4.78, 5) is 10.5. The molecule has 1 saturated carbocycles. The Kier molecular flexibility index (Phi) is 7.55. The van der Waals surface area contributed by atoms with E-state index < -0.39 is 24.6 Å². The molecule has 4 N–H and O–H groups in total. The van der Waals surface area contributed by atoms with Gasteiger partial charge >= 0.3 is 0 Å². The van der Waals surface area contributed by atoms with Crippen molar-refractivity contribution < 1.29 is 29.6 Å². The minimum absolute atomic E-state index is 0.0122. The van der Waals surface area contributed by atoms with Gasteiger partial charge in [0.15, 0.2) is 6.29 Å². The summed E-state index contributed by atoms with van der Waals surface area (Å²) in [5, 5.41) is 30.3. The van der Waals surface area contributed by atoms with Crippen molar-refractivity contribution in [2.45, 2.75) is 63.8 Å². The van der Waals surface area contributed by atoms with Crippen LogP contribution in [0.1, 0.15) is 33.1 Å². The van der Waals surface area contributed by atoms with Crippen molar-refractivity contribution >= 4 is 5.91 Å². The second-order valence-corrected chi connectivity index (χ2v) is 5.65. The lowest BCUT2D eigenvalue weighted by molar-refractivity contribution is -0.265. The predicted molar refractivity (Wildman–Crippen MR) is 75.4 cm³/mol. The minimum Gasteiger partial charge on any atom is -0.394 e. The maximum Gasteiger partial charge on any atom is 0.222 e. The molecule has 0 aromatic carbocycles. The molecule has 0 aromatic heterocycles. The molecule has 1 saturated heterocycles. The molecule has 1 aliphatic heterocycles. The number of ether oxygens (including phenoxy) is 2. The summed E-state index contributed by atoms with van der Waals surface area (Å²) in [6, 6.07) is 0. The monoisotopic (exact) mass is 305 g/mol. The van der Waals surface area contributed by atoms with Crippen LogP contribution < -0.4 is 5.32 Å². The van der Waals surface area contributed by atoms with Gasteiger partial charge in [-0.1, -0.05) is 0 Å². The number of rotatable bonds is 4. The van der Waals surface area contributed by atoms with Crippen molar-refractivity contribution in [2.75, 3.05) is 13.7 Å². The third-order valence-electron chi connectivity index (χ3n) is 3.33. The molecule has 7 nitrogen and oxygen atoms in total. The van der Waals surface area contributed by atoms with Gasteiger partial charge in [0.2, 0.25) is 5.91 Å². The molecular formula is C14H27NO6. The fraction of sp³-hybridized carbons (Fsp3) is 0.929. The maximum atomic E-state index is 10.5. The Morgan fingerprint density at radius 3 is 2.38 bits per heavy atom. The van der Waals surface area contributed by atoms with E-state index in [4.69, 9.17) is 14.6 Å². The fourth-order valence-electron chi connectivity index (χ4n) is 2.01. The summed E-state index contributed by atoms with van der Waals surface area (Å²) < 4.78 is 10.6. The summed E-state index contributed by atoms with van der Waals surface area (Å²) >= 11 is 0. The molecule has 0 radical (unpaired) electrons. The van der Waals surface area contributed by atoms with Crippen LogP contribution in [-0.2, 0) is 14.3 Å². The van der Waals surface area contributed by atoms with E-state index in [2.05, 4.69) is 5.32 Å². The molecule has 2 fully saturated rings. The Hall–Kier alpha value is -0.730. The van der Waals surface area contributed by atoms with E-state index in [1.54, 1.807) is 7.05 Å². The molecular weight excluding hydrogens is 278 g/mol. The third kappa shape index (κ3) is 6.27. The highest BCUT2D eigenvalue weighted by atomic mass is 16.7. The first-order chi connectivity index (χ1) is 9.88. The minimum atomic E-state index is -1.04. The Balaban J connectivity index is 0.000000262. The molecule has 1 amide bonds. The van der Waals surface area contributed by atoms with Gasteiger partial charge in [-0.15, -0.1) is 0 Å². The average Bonchev–Trinajstić information content (AvgIpc) is 3.26. The van der Waals surface area contributed by atoms with Crippen molar-refractivity contribution in [2.24, 2.45) is 5.92 Å². The molecule has 0 aromatic rings. The third-order valence-corrected chi connectivity index (χ3v) is 3.33. The molecule has 2 rings (SSSR count). The molecule has 0 bridgehead atoms. The van der Waals surface area contributed by atoms with Gasteiger partial charge in [-0.25, -0.2) is 0 Å². The van der Waals surface area contributed by atoms with E-state index in [1.807, 2.05) is 13.8 Å². The first-order valence-electron chi connectivity index (χ1n) is 7.38. The fourth-order valence-corrected chi connectivity index (χ4v) is 2.01. The molecule has 2 aliphatic rings. The zero-order valence-corrected chi connectivity index (χ0v) is 12.9. The largest absolute Gasteiger partial charge is 0.394 e.